The molecular formula is C29H29NO6. The number of carbonyl (C=O) groups is 2. The summed E-state index contributed by atoms with van der Waals surface area (Å²) in [4.78, 5) is 25.7. The lowest BCUT2D eigenvalue weighted by molar-refractivity contribution is -0.144. The van der Waals surface area contributed by atoms with Crippen LogP contribution in [-0.2, 0) is 14.3 Å². The van der Waals surface area contributed by atoms with Crippen LogP contribution in [0.25, 0.3) is 10.8 Å². The van der Waals surface area contributed by atoms with Gasteiger partial charge in [0.15, 0.2) is 11.9 Å². The van der Waals surface area contributed by atoms with Gasteiger partial charge < -0.3 is 24.6 Å². The van der Waals surface area contributed by atoms with Crippen LogP contribution in [0.1, 0.15) is 55.3 Å². The van der Waals surface area contributed by atoms with Crippen LogP contribution in [-0.4, -0.2) is 28.6 Å². The normalized spacial score (nSPS) is 19.0. The molecule has 0 saturated heterocycles. The van der Waals surface area contributed by atoms with E-state index in [4.69, 9.17) is 14.2 Å². The number of rotatable bonds is 8. The van der Waals surface area contributed by atoms with Gasteiger partial charge in [-0.2, -0.15) is 0 Å². The highest BCUT2D eigenvalue weighted by Crippen LogP contribution is 2.36. The summed E-state index contributed by atoms with van der Waals surface area (Å²) in [7, 11) is 0. The number of fused-ring (bicyclic) bond motifs is 1. The van der Waals surface area contributed by atoms with E-state index < -0.39 is 23.5 Å². The van der Waals surface area contributed by atoms with Crippen molar-refractivity contribution in [3.63, 3.8) is 0 Å². The fourth-order valence-corrected chi connectivity index (χ4v) is 5.03. The summed E-state index contributed by atoms with van der Waals surface area (Å²) in [6, 6.07) is 11.2. The van der Waals surface area contributed by atoms with Gasteiger partial charge in [-0.1, -0.05) is 67.0 Å². The molecule has 186 valence electrons. The van der Waals surface area contributed by atoms with Crippen molar-refractivity contribution >= 4 is 22.6 Å². The molecule has 7 nitrogen and oxygen atoms in total. The molecule has 1 aliphatic heterocycles. The molecule has 7 heteroatoms. The van der Waals surface area contributed by atoms with Crippen LogP contribution in [0.5, 0.6) is 5.75 Å². The number of amides is 1. The van der Waals surface area contributed by atoms with Crippen LogP contribution in [0.4, 0.5) is 0 Å². The molecule has 2 N–H and O–H groups in total. The lowest BCUT2D eigenvalue weighted by atomic mass is 9.96. The number of hydrogen-bond donors (Lipinski definition) is 2. The third kappa shape index (κ3) is 4.87. The number of carboxylic acids is 1. The minimum absolute atomic E-state index is 0.289. The van der Waals surface area contributed by atoms with Gasteiger partial charge in [0.1, 0.15) is 30.1 Å². The monoisotopic (exact) mass is 487 g/mol. The Morgan fingerprint density at radius 3 is 2.67 bits per heavy atom. The number of aliphatic carboxylic acids is 1. The molecule has 5 rings (SSSR count). The number of carboxylic acid groups (broad SMARTS) is 1. The summed E-state index contributed by atoms with van der Waals surface area (Å²) >= 11 is 0. The third-order valence-corrected chi connectivity index (χ3v) is 6.99. The predicted octanol–water partition coefficient (Wildman–Crippen LogP) is 5.74. The highest BCUT2D eigenvalue weighted by atomic mass is 16.6. The third-order valence-electron chi connectivity index (χ3n) is 6.99. The molecule has 0 spiro atoms. The fourth-order valence-electron chi connectivity index (χ4n) is 5.03. The largest absolute Gasteiger partial charge is 0.481 e. The molecule has 0 aromatic heterocycles. The summed E-state index contributed by atoms with van der Waals surface area (Å²) < 4.78 is 17.7. The average molecular weight is 488 g/mol. The van der Waals surface area contributed by atoms with Gasteiger partial charge in [-0.15, -0.1) is 0 Å². The van der Waals surface area contributed by atoms with Gasteiger partial charge in [-0.05, 0) is 37.1 Å². The van der Waals surface area contributed by atoms with Crippen LogP contribution < -0.4 is 10.1 Å². The van der Waals surface area contributed by atoms with Crippen molar-refractivity contribution in [3.05, 3.63) is 90.3 Å². The summed E-state index contributed by atoms with van der Waals surface area (Å²) in [5.41, 5.74) is 0.229. The second-order valence-corrected chi connectivity index (χ2v) is 9.36. The fraction of sp³-hybridized carbons (Fsp3) is 0.310. The summed E-state index contributed by atoms with van der Waals surface area (Å²) in [6.07, 6.45) is 14.8. The first-order valence-electron chi connectivity index (χ1n) is 12.3. The van der Waals surface area contributed by atoms with E-state index in [2.05, 4.69) is 17.5 Å². The van der Waals surface area contributed by atoms with Crippen molar-refractivity contribution in [1.82, 2.24) is 5.32 Å². The maximum absolute atomic E-state index is 13.6. The second-order valence-electron chi connectivity index (χ2n) is 9.36. The van der Waals surface area contributed by atoms with E-state index in [1.165, 1.54) is 24.4 Å². The average Bonchev–Trinajstić information content (AvgIpc) is 3.39. The van der Waals surface area contributed by atoms with E-state index >= 15 is 0 Å². The first-order chi connectivity index (χ1) is 17.6. The Hall–Kier alpha value is -4.00. The van der Waals surface area contributed by atoms with Crippen LogP contribution >= 0.6 is 0 Å². The molecule has 1 atom stereocenters. The number of nitrogens with one attached hydrogen (secondary N) is 1. The van der Waals surface area contributed by atoms with E-state index in [0.29, 0.717) is 30.8 Å². The zero-order chi connectivity index (χ0) is 25.0. The first kappa shape index (κ1) is 23.7. The van der Waals surface area contributed by atoms with Gasteiger partial charge in [-0.25, -0.2) is 4.79 Å². The van der Waals surface area contributed by atoms with Crippen molar-refractivity contribution in [2.45, 2.75) is 56.6 Å². The molecule has 2 aromatic carbocycles. The van der Waals surface area contributed by atoms with E-state index in [1.54, 1.807) is 6.07 Å². The molecule has 36 heavy (non-hydrogen) atoms. The quantitative estimate of drug-likeness (QED) is 0.493. The second kappa shape index (κ2) is 10.3. The molecule has 1 unspecified atom stereocenters. The maximum atomic E-state index is 13.6. The Morgan fingerprint density at radius 2 is 1.94 bits per heavy atom. The van der Waals surface area contributed by atoms with Gasteiger partial charge in [0.25, 0.3) is 5.91 Å². The summed E-state index contributed by atoms with van der Waals surface area (Å²) in [6.45, 7) is 0. The molecule has 1 saturated carbocycles. The molecule has 1 heterocycles. The number of hydrogen-bond acceptors (Lipinski definition) is 5. The Balaban J connectivity index is 1.53. The van der Waals surface area contributed by atoms with E-state index in [0.717, 1.165) is 36.5 Å². The Labute approximate surface area is 209 Å². The van der Waals surface area contributed by atoms with Crippen LogP contribution in [0.3, 0.4) is 0 Å². The zero-order valence-electron chi connectivity index (χ0n) is 19.9. The highest BCUT2D eigenvalue weighted by Gasteiger charge is 2.43. The molecule has 2 aromatic rings. The number of carbonyl (C=O) groups excluding carboxylic acids is 1. The van der Waals surface area contributed by atoms with Gasteiger partial charge in [-0.3, -0.25) is 4.79 Å². The molecule has 0 bridgehead atoms. The van der Waals surface area contributed by atoms with Crippen molar-refractivity contribution in [1.29, 1.82) is 0 Å². The predicted molar refractivity (Wildman–Crippen MR) is 135 cm³/mol. The summed E-state index contributed by atoms with van der Waals surface area (Å²) in [5, 5.41) is 14.4. The van der Waals surface area contributed by atoms with Crippen molar-refractivity contribution in [3.8, 4) is 5.75 Å². The number of ether oxygens (including phenoxy) is 3. The zero-order valence-corrected chi connectivity index (χ0v) is 19.9. The number of allylic oxidation sites excluding steroid dienone is 3. The Bertz CT molecular complexity index is 1280. The minimum atomic E-state index is -1.26. The first-order valence-corrected chi connectivity index (χ1v) is 12.3. The molecule has 0 radical (unpaired) electrons. The van der Waals surface area contributed by atoms with Gasteiger partial charge in [0.2, 0.25) is 0 Å². The topological polar surface area (TPSA) is 94.1 Å². The van der Waals surface area contributed by atoms with Gasteiger partial charge in [0.05, 0.1) is 5.56 Å². The van der Waals surface area contributed by atoms with Crippen LogP contribution in [0.2, 0.25) is 0 Å². The molecule has 3 aliphatic rings. The Kier molecular flexibility index (Phi) is 6.80. The van der Waals surface area contributed by atoms with Crippen LogP contribution in [0.15, 0.2) is 84.7 Å². The van der Waals surface area contributed by atoms with Crippen LogP contribution in [0, 0.1) is 0 Å². The lowest BCUT2D eigenvalue weighted by Crippen LogP contribution is -2.52. The van der Waals surface area contributed by atoms with E-state index in [1.807, 2.05) is 36.4 Å². The maximum Gasteiger partial charge on any atom is 0.329 e. The van der Waals surface area contributed by atoms with Crippen molar-refractivity contribution in [2.24, 2.45) is 0 Å². The lowest BCUT2D eigenvalue weighted by Gasteiger charge is -2.28. The molecule has 1 amide bonds. The van der Waals surface area contributed by atoms with Gasteiger partial charge >= 0.3 is 5.97 Å². The standard InChI is InChI=1S/C29H29NO6/c31-27(30-29(28(32)33)14-6-7-15-29)23-13-12-21-10-4-5-11-22(21)26(23)36-24(25-19-34-16-17-35-25)18-20-8-2-1-3-9-20/h1-2,4-5,8,10-13,16-17,19,24H,3,6-7,9,14-15,18H2,(H,30,31)(H,32,33). The SMILES string of the molecule is O=C(NC1(C(=O)O)CCCC1)c1ccc2ccccc2c1OC(CC1=CC=CCC1)C1=COC=CO1. The minimum Gasteiger partial charge on any atom is -0.481 e. The smallest absolute Gasteiger partial charge is 0.329 e. The van der Waals surface area contributed by atoms with Crippen molar-refractivity contribution in [2.75, 3.05) is 0 Å². The summed E-state index contributed by atoms with van der Waals surface area (Å²) in [5.74, 6) is -0.588. The highest BCUT2D eigenvalue weighted by molar-refractivity contribution is 6.05. The van der Waals surface area contributed by atoms with E-state index in [9.17, 15) is 14.7 Å². The number of benzene rings is 2. The van der Waals surface area contributed by atoms with Crippen molar-refractivity contribution < 1.29 is 28.9 Å². The molecular weight excluding hydrogens is 458 g/mol. The molecule has 2 aliphatic carbocycles. The Morgan fingerprint density at radius 1 is 1.11 bits per heavy atom. The molecule has 1 fully saturated rings. The van der Waals surface area contributed by atoms with E-state index in [-0.39, 0.29) is 5.56 Å². The van der Waals surface area contributed by atoms with Gasteiger partial charge in [0, 0.05) is 11.8 Å².